The van der Waals surface area contributed by atoms with Crippen molar-refractivity contribution >= 4 is 5.91 Å². The van der Waals surface area contributed by atoms with Crippen LogP contribution in [0.1, 0.15) is 24.2 Å². The van der Waals surface area contributed by atoms with Gasteiger partial charge >= 0.3 is 0 Å². The van der Waals surface area contributed by atoms with Gasteiger partial charge in [-0.3, -0.25) is 14.6 Å². The standard InChI is InChI=1S/C23H36FN3O4/c1-18(2)22(28)17-26-11-14-31-21(15-26)16-27(8-7-25-9-12-30-13-10-25)23(29)19-3-5-20(24)6-4-19/h3-6,18,21-22,28H,7-17H2,1-2H3. The Balaban J connectivity index is 1.63. The molecule has 2 unspecified atom stereocenters. The molecule has 0 radical (unpaired) electrons. The van der Waals surface area contributed by atoms with Gasteiger partial charge in [0.2, 0.25) is 0 Å². The van der Waals surface area contributed by atoms with E-state index < -0.39 is 0 Å². The second-order valence-electron chi connectivity index (χ2n) is 8.78. The Labute approximate surface area is 184 Å². The second kappa shape index (κ2) is 11.9. The largest absolute Gasteiger partial charge is 0.392 e. The molecule has 8 heteroatoms. The molecule has 1 aromatic rings. The Morgan fingerprint density at radius 1 is 1.16 bits per heavy atom. The highest BCUT2D eigenvalue weighted by atomic mass is 19.1. The molecule has 2 heterocycles. The molecule has 7 nitrogen and oxygen atoms in total. The van der Waals surface area contributed by atoms with Crippen molar-refractivity contribution < 1.29 is 23.8 Å². The highest BCUT2D eigenvalue weighted by Gasteiger charge is 2.27. The number of carbonyl (C=O) groups excluding carboxylic acids is 1. The number of morpholine rings is 2. The zero-order valence-electron chi connectivity index (χ0n) is 18.7. The minimum atomic E-state index is -0.378. The molecule has 1 N–H and O–H groups in total. The van der Waals surface area contributed by atoms with E-state index >= 15 is 0 Å². The van der Waals surface area contributed by atoms with Gasteiger partial charge in [-0.25, -0.2) is 4.39 Å². The number of aliphatic hydroxyl groups is 1. The first-order chi connectivity index (χ1) is 14.9. The molecule has 2 atom stereocenters. The number of ether oxygens (including phenoxy) is 2. The Morgan fingerprint density at radius 2 is 1.84 bits per heavy atom. The van der Waals surface area contributed by atoms with E-state index in [2.05, 4.69) is 9.80 Å². The number of halogens is 1. The molecule has 0 aromatic heterocycles. The lowest BCUT2D eigenvalue weighted by Crippen LogP contribution is -2.52. The lowest BCUT2D eigenvalue weighted by Gasteiger charge is -2.37. The maximum Gasteiger partial charge on any atom is 0.253 e. The summed E-state index contributed by atoms with van der Waals surface area (Å²) in [6.07, 6.45) is -0.501. The van der Waals surface area contributed by atoms with Crippen molar-refractivity contribution in [1.82, 2.24) is 14.7 Å². The van der Waals surface area contributed by atoms with E-state index in [0.717, 1.165) is 26.2 Å². The second-order valence-corrected chi connectivity index (χ2v) is 8.78. The van der Waals surface area contributed by atoms with E-state index in [4.69, 9.17) is 9.47 Å². The molecule has 0 saturated carbocycles. The highest BCUT2D eigenvalue weighted by Crippen LogP contribution is 2.14. The fraction of sp³-hybridized carbons (Fsp3) is 0.696. The van der Waals surface area contributed by atoms with Crippen LogP contribution in [0.5, 0.6) is 0 Å². The van der Waals surface area contributed by atoms with Gasteiger partial charge in [-0.05, 0) is 30.2 Å². The van der Waals surface area contributed by atoms with Gasteiger partial charge in [-0.1, -0.05) is 13.8 Å². The number of carbonyl (C=O) groups is 1. The molecule has 2 aliphatic heterocycles. The van der Waals surface area contributed by atoms with E-state index in [-0.39, 0.29) is 29.9 Å². The zero-order valence-corrected chi connectivity index (χ0v) is 18.7. The third-order valence-electron chi connectivity index (χ3n) is 6.03. The minimum Gasteiger partial charge on any atom is -0.392 e. The average molecular weight is 438 g/mol. The summed E-state index contributed by atoms with van der Waals surface area (Å²) in [7, 11) is 0. The Bertz CT molecular complexity index is 682. The van der Waals surface area contributed by atoms with E-state index in [0.29, 0.717) is 51.6 Å². The summed E-state index contributed by atoms with van der Waals surface area (Å²) in [5, 5.41) is 10.2. The number of amides is 1. The van der Waals surface area contributed by atoms with Crippen LogP contribution in [0.4, 0.5) is 4.39 Å². The maximum atomic E-state index is 13.3. The molecular weight excluding hydrogens is 401 g/mol. The van der Waals surface area contributed by atoms with Crippen molar-refractivity contribution in [1.29, 1.82) is 0 Å². The van der Waals surface area contributed by atoms with E-state index in [1.165, 1.54) is 24.3 Å². The number of nitrogens with zero attached hydrogens (tertiary/aromatic N) is 3. The Morgan fingerprint density at radius 3 is 2.52 bits per heavy atom. The predicted molar refractivity (Wildman–Crippen MR) is 117 cm³/mol. The highest BCUT2D eigenvalue weighted by molar-refractivity contribution is 5.94. The van der Waals surface area contributed by atoms with Gasteiger partial charge in [0.25, 0.3) is 5.91 Å². The van der Waals surface area contributed by atoms with Crippen LogP contribution in [0.15, 0.2) is 24.3 Å². The first kappa shape index (κ1) is 24.1. The molecule has 31 heavy (non-hydrogen) atoms. The minimum absolute atomic E-state index is 0.115. The van der Waals surface area contributed by atoms with Gasteiger partial charge in [0, 0.05) is 57.9 Å². The smallest absolute Gasteiger partial charge is 0.253 e. The first-order valence-corrected chi connectivity index (χ1v) is 11.3. The monoisotopic (exact) mass is 437 g/mol. The normalized spacial score (nSPS) is 21.9. The van der Waals surface area contributed by atoms with Crippen LogP contribution in [0.2, 0.25) is 0 Å². The maximum absolute atomic E-state index is 13.3. The summed E-state index contributed by atoms with van der Waals surface area (Å²) in [4.78, 5) is 19.5. The molecule has 2 aliphatic rings. The van der Waals surface area contributed by atoms with Gasteiger partial charge in [0.05, 0.1) is 32.0 Å². The molecule has 1 aromatic carbocycles. The third kappa shape index (κ3) is 7.50. The van der Waals surface area contributed by atoms with E-state index in [1.54, 1.807) is 0 Å². The van der Waals surface area contributed by atoms with Crippen LogP contribution in [0, 0.1) is 11.7 Å². The van der Waals surface area contributed by atoms with Crippen LogP contribution in [-0.2, 0) is 9.47 Å². The quantitative estimate of drug-likeness (QED) is 0.629. The topological polar surface area (TPSA) is 65.5 Å². The lowest BCUT2D eigenvalue weighted by atomic mass is 10.1. The van der Waals surface area contributed by atoms with Crippen molar-refractivity contribution in [3.63, 3.8) is 0 Å². The molecule has 3 rings (SSSR count). The van der Waals surface area contributed by atoms with Gasteiger partial charge in [0.1, 0.15) is 5.82 Å². The van der Waals surface area contributed by atoms with Crippen molar-refractivity contribution in [3.05, 3.63) is 35.6 Å². The molecule has 2 fully saturated rings. The average Bonchev–Trinajstić information content (AvgIpc) is 2.77. The molecule has 0 aliphatic carbocycles. The summed E-state index contributed by atoms with van der Waals surface area (Å²) >= 11 is 0. The van der Waals surface area contributed by atoms with Crippen LogP contribution >= 0.6 is 0 Å². The predicted octanol–water partition coefficient (Wildman–Crippen LogP) is 1.32. The van der Waals surface area contributed by atoms with Crippen LogP contribution in [-0.4, -0.2) is 110 Å². The van der Waals surface area contributed by atoms with Crippen LogP contribution in [0.3, 0.4) is 0 Å². The number of β-amino-alcohol motifs (C(OH)–C–C–N with tert-alkyl or cyclic N) is 1. The molecule has 2 saturated heterocycles. The summed E-state index contributed by atoms with van der Waals surface area (Å²) in [6.45, 7) is 11.6. The van der Waals surface area contributed by atoms with Gasteiger partial charge in [-0.15, -0.1) is 0 Å². The van der Waals surface area contributed by atoms with Crippen LogP contribution < -0.4 is 0 Å². The number of benzene rings is 1. The Kier molecular flexibility index (Phi) is 9.22. The molecular formula is C23H36FN3O4. The number of aliphatic hydroxyl groups excluding tert-OH is 1. The third-order valence-corrected chi connectivity index (χ3v) is 6.03. The summed E-state index contributed by atoms with van der Waals surface area (Å²) in [5.74, 6) is -0.269. The number of rotatable bonds is 9. The fourth-order valence-corrected chi connectivity index (χ4v) is 3.92. The van der Waals surface area contributed by atoms with Gasteiger partial charge in [0.15, 0.2) is 0 Å². The van der Waals surface area contributed by atoms with Crippen molar-refractivity contribution in [2.45, 2.75) is 26.1 Å². The van der Waals surface area contributed by atoms with Gasteiger partial charge in [-0.2, -0.15) is 0 Å². The summed E-state index contributed by atoms with van der Waals surface area (Å²) in [6, 6.07) is 5.71. The molecule has 0 spiro atoms. The van der Waals surface area contributed by atoms with Crippen molar-refractivity contribution in [2.24, 2.45) is 5.92 Å². The SMILES string of the molecule is CC(C)C(O)CN1CCOC(CN(CCN2CCOCC2)C(=O)c2ccc(F)cc2)C1. The van der Waals surface area contributed by atoms with Crippen molar-refractivity contribution in [2.75, 3.05) is 72.2 Å². The fourth-order valence-electron chi connectivity index (χ4n) is 3.92. The van der Waals surface area contributed by atoms with Gasteiger partial charge < -0.3 is 19.5 Å². The number of hydrogen-bond acceptors (Lipinski definition) is 6. The summed E-state index contributed by atoms with van der Waals surface area (Å²) < 4.78 is 24.7. The number of hydrogen-bond donors (Lipinski definition) is 1. The summed E-state index contributed by atoms with van der Waals surface area (Å²) in [5.41, 5.74) is 0.478. The van der Waals surface area contributed by atoms with Crippen molar-refractivity contribution in [3.8, 4) is 0 Å². The molecule has 0 bridgehead atoms. The molecule has 174 valence electrons. The van der Waals surface area contributed by atoms with Crippen LogP contribution in [0.25, 0.3) is 0 Å². The zero-order chi connectivity index (χ0) is 22.2. The Hall–Kier alpha value is -1.58. The lowest BCUT2D eigenvalue weighted by molar-refractivity contribution is -0.0550. The first-order valence-electron chi connectivity index (χ1n) is 11.3. The van der Waals surface area contributed by atoms with E-state index in [9.17, 15) is 14.3 Å². The van der Waals surface area contributed by atoms with E-state index in [1.807, 2.05) is 18.7 Å². The molecule has 1 amide bonds.